The number of allylic oxidation sites excluding steroid dienone is 1. The maximum absolute atomic E-state index is 13.5. The summed E-state index contributed by atoms with van der Waals surface area (Å²) in [5.74, 6) is -3.50. The second-order valence-electron chi connectivity index (χ2n) is 8.28. The molecule has 34 heavy (non-hydrogen) atoms. The molecule has 184 valence electrons. The summed E-state index contributed by atoms with van der Waals surface area (Å²) in [6.45, 7) is 5.65. The summed E-state index contributed by atoms with van der Waals surface area (Å²) in [7, 11) is 0. The van der Waals surface area contributed by atoms with Crippen LogP contribution in [0.2, 0.25) is 0 Å². The van der Waals surface area contributed by atoms with E-state index in [-0.39, 0.29) is 11.8 Å². The lowest BCUT2D eigenvalue weighted by Crippen LogP contribution is -2.27. The van der Waals surface area contributed by atoms with Crippen molar-refractivity contribution < 1.29 is 35.9 Å². The fraction of sp³-hybridized carbons (Fsp3) is 0.360. The van der Waals surface area contributed by atoms with Gasteiger partial charge in [0.05, 0.1) is 11.5 Å². The van der Waals surface area contributed by atoms with Gasteiger partial charge >= 0.3 is 12.4 Å². The highest BCUT2D eigenvalue weighted by molar-refractivity contribution is 5.94. The van der Waals surface area contributed by atoms with Crippen molar-refractivity contribution in [2.75, 3.05) is 0 Å². The lowest BCUT2D eigenvalue weighted by molar-refractivity contribution is -0.156. The van der Waals surface area contributed by atoms with Gasteiger partial charge in [-0.2, -0.15) is 26.3 Å². The third-order valence-corrected chi connectivity index (χ3v) is 5.22. The Morgan fingerprint density at radius 3 is 2.24 bits per heavy atom. The molecule has 2 aromatic rings. The fourth-order valence-corrected chi connectivity index (χ4v) is 3.22. The number of halogens is 6. The van der Waals surface area contributed by atoms with Crippen LogP contribution in [0.4, 0.5) is 26.3 Å². The minimum absolute atomic E-state index is 0.103. The van der Waals surface area contributed by atoms with E-state index in [2.05, 4.69) is 5.32 Å². The van der Waals surface area contributed by atoms with Gasteiger partial charge in [0.1, 0.15) is 0 Å². The van der Waals surface area contributed by atoms with E-state index in [1.807, 2.05) is 0 Å². The molecule has 0 aliphatic heterocycles. The molecule has 0 aliphatic carbocycles. The first-order chi connectivity index (χ1) is 15.7. The van der Waals surface area contributed by atoms with Crippen LogP contribution >= 0.6 is 0 Å². The van der Waals surface area contributed by atoms with Crippen molar-refractivity contribution >= 4 is 17.8 Å². The summed E-state index contributed by atoms with van der Waals surface area (Å²) >= 11 is 0. The van der Waals surface area contributed by atoms with E-state index in [1.54, 1.807) is 39.0 Å². The first-order valence-corrected chi connectivity index (χ1v) is 10.5. The number of aryl methyl sites for hydroxylation is 1. The van der Waals surface area contributed by atoms with Crippen LogP contribution in [0.5, 0.6) is 0 Å². The van der Waals surface area contributed by atoms with Gasteiger partial charge in [0.25, 0.3) is 0 Å². The third-order valence-electron chi connectivity index (χ3n) is 5.22. The molecule has 0 bridgehead atoms. The molecule has 1 atom stereocenters. The van der Waals surface area contributed by atoms with E-state index in [9.17, 15) is 35.9 Å². The number of ketones is 1. The molecule has 0 saturated carbocycles. The van der Waals surface area contributed by atoms with Gasteiger partial charge in [-0.15, -0.1) is 0 Å². The standard InChI is InChI=1S/C25H25F6NO2/c1-15(2)23(34)32-14-19-9-7-17(11-16(19)3)8-10-21(33)13-22(25(29,30)31)18-5-4-6-20(12-18)24(26,27)28/h4-12,15,22H,13-14H2,1-3H3,(H,32,34)/b10-8+. The van der Waals surface area contributed by atoms with Crippen LogP contribution in [-0.2, 0) is 22.3 Å². The Balaban J connectivity index is 2.14. The number of alkyl halides is 6. The summed E-state index contributed by atoms with van der Waals surface area (Å²) in [6.07, 6.45) is -8.36. The lowest BCUT2D eigenvalue weighted by Gasteiger charge is -2.20. The number of carbonyl (C=O) groups is 2. The van der Waals surface area contributed by atoms with E-state index in [4.69, 9.17) is 0 Å². The minimum Gasteiger partial charge on any atom is -0.352 e. The molecule has 0 saturated heterocycles. The number of rotatable bonds is 8. The average Bonchev–Trinajstić information content (AvgIpc) is 2.73. The molecule has 0 fully saturated rings. The zero-order valence-electron chi connectivity index (χ0n) is 18.8. The maximum Gasteiger partial charge on any atom is 0.416 e. The fourth-order valence-electron chi connectivity index (χ4n) is 3.22. The first kappa shape index (κ1) is 27.1. The smallest absolute Gasteiger partial charge is 0.352 e. The molecule has 3 nitrogen and oxygen atoms in total. The van der Waals surface area contributed by atoms with Gasteiger partial charge in [-0.1, -0.05) is 56.3 Å². The van der Waals surface area contributed by atoms with E-state index in [0.29, 0.717) is 24.2 Å². The summed E-state index contributed by atoms with van der Waals surface area (Å²) in [6, 6.07) is 8.04. The van der Waals surface area contributed by atoms with Crippen molar-refractivity contribution in [2.24, 2.45) is 5.92 Å². The lowest BCUT2D eigenvalue weighted by atomic mass is 9.91. The second kappa shape index (κ2) is 10.9. The van der Waals surface area contributed by atoms with E-state index >= 15 is 0 Å². The molecular weight excluding hydrogens is 460 g/mol. The SMILES string of the molecule is Cc1cc(/C=C/C(=O)CC(c2cccc(C(F)(F)F)c2)C(F)(F)F)ccc1CNC(=O)C(C)C. The van der Waals surface area contributed by atoms with Gasteiger partial charge in [0, 0.05) is 18.9 Å². The zero-order chi connectivity index (χ0) is 25.7. The van der Waals surface area contributed by atoms with Crippen molar-refractivity contribution in [3.05, 3.63) is 76.4 Å². The van der Waals surface area contributed by atoms with Gasteiger partial charge in [0.15, 0.2) is 5.78 Å². The average molecular weight is 485 g/mol. The Hall–Kier alpha value is -3.10. The van der Waals surface area contributed by atoms with Crippen molar-refractivity contribution in [3.8, 4) is 0 Å². The van der Waals surface area contributed by atoms with Crippen LogP contribution in [-0.4, -0.2) is 17.9 Å². The number of carbonyl (C=O) groups excluding carboxylic acids is 2. The third kappa shape index (κ3) is 7.74. The Bertz CT molecular complexity index is 1050. The number of benzene rings is 2. The molecule has 2 rings (SSSR count). The Morgan fingerprint density at radius 2 is 1.68 bits per heavy atom. The summed E-state index contributed by atoms with van der Waals surface area (Å²) < 4.78 is 79.3. The van der Waals surface area contributed by atoms with E-state index in [1.165, 1.54) is 6.08 Å². The van der Waals surface area contributed by atoms with Crippen molar-refractivity contribution in [2.45, 2.75) is 52.0 Å². The topological polar surface area (TPSA) is 46.2 Å². The quantitative estimate of drug-likeness (QED) is 0.338. The first-order valence-electron chi connectivity index (χ1n) is 10.5. The molecule has 1 N–H and O–H groups in total. The molecule has 1 unspecified atom stereocenters. The number of nitrogens with one attached hydrogen (secondary N) is 1. The van der Waals surface area contributed by atoms with Crippen LogP contribution in [0.25, 0.3) is 6.08 Å². The minimum atomic E-state index is -4.90. The molecule has 2 aromatic carbocycles. The normalized spacial score (nSPS) is 13.4. The van der Waals surface area contributed by atoms with Gasteiger partial charge < -0.3 is 5.32 Å². The van der Waals surface area contributed by atoms with Crippen molar-refractivity contribution in [1.82, 2.24) is 5.32 Å². The highest BCUT2D eigenvalue weighted by atomic mass is 19.4. The number of amides is 1. The molecule has 0 spiro atoms. The Kier molecular flexibility index (Phi) is 8.69. The highest BCUT2D eigenvalue weighted by Crippen LogP contribution is 2.40. The largest absolute Gasteiger partial charge is 0.416 e. The van der Waals surface area contributed by atoms with Gasteiger partial charge in [-0.3, -0.25) is 9.59 Å². The van der Waals surface area contributed by atoms with Crippen LogP contribution in [0.15, 0.2) is 48.5 Å². The molecule has 0 aromatic heterocycles. The van der Waals surface area contributed by atoms with E-state index in [0.717, 1.165) is 29.3 Å². The predicted octanol–water partition coefficient (Wildman–Crippen LogP) is 6.60. The summed E-state index contributed by atoms with van der Waals surface area (Å²) in [5, 5.41) is 2.79. The summed E-state index contributed by atoms with van der Waals surface area (Å²) in [4.78, 5) is 24.0. The van der Waals surface area contributed by atoms with Crippen molar-refractivity contribution in [1.29, 1.82) is 0 Å². The van der Waals surface area contributed by atoms with Gasteiger partial charge in [-0.05, 0) is 41.3 Å². The predicted molar refractivity (Wildman–Crippen MR) is 117 cm³/mol. The Morgan fingerprint density at radius 1 is 1.00 bits per heavy atom. The van der Waals surface area contributed by atoms with E-state index < -0.39 is 41.6 Å². The Labute approximate surface area is 193 Å². The van der Waals surface area contributed by atoms with Gasteiger partial charge in [0.2, 0.25) is 5.91 Å². The van der Waals surface area contributed by atoms with Crippen LogP contribution in [0.1, 0.15) is 54.0 Å². The zero-order valence-corrected chi connectivity index (χ0v) is 18.8. The highest BCUT2D eigenvalue weighted by Gasteiger charge is 2.42. The molecular formula is C25H25F6NO2. The maximum atomic E-state index is 13.5. The van der Waals surface area contributed by atoms with Crippen LogP contribution < -0.4 is 5.32 Å². The van der Waals surface area contributed by atoms with Crippen LogP contribution in [0, 0.1) is 12.8 Å². The van der Waals surface area contributed by atoms with Crippen LogP contribution in [0.3, 0.4) is 0 Å². The number of hydrogen-bond acceptors (Lipinski definition) is 2. The van der Waals surface area contributed by atoms with Gasteiger partial charge in [-0.25, -0.2) is 0 Å². The molecule has 0 radical (unpaired) electrons. The molecule has 9 heteroatoms. The molecule has 0 heterocycles. The van der Waals surface area contributed by atoms with Crippen molar-refractivity contribution in [3.63, 3.8) is 0 Å². The molecule has 1 amide bonds. The molecule has 0 aliphatic rings. The second-order valence-corrected chi connectivity index (χ2v) is 8.28. The monoisotopic (exact) mass is 485 g/mol. The summed E-state index contributed by atoms with van der Waals surface area (Å²) in [5.41, 5.74) is 0.400. The number of hydrogen-bond donors (Lipinski definition) is 1.